The Labute approximate surface area is 152 Å². The van der Waals surface area contributed by atoms with Crippen LogP contribution in [0.1, 0.15) is 40.0 Å². The molecule has 0 radical (unpaired) electrons. The van der Waals surface area contributed by atoms with Crippen LogP contribution >= 0.6 is 0 Å². The van der Waals surface area contributed by atoms with Gasteiger partial charge in [0.05, 0.1) is 6.61 Å². The predicted octanol–water partition coefficient (Wildman–Crippen LogP) is 1.60. The number of piperazine rings is 1. The molecule has 2 aliphatic heterocycles. The standard InChI is InChI=1S/C18H35N5O2/c1-5-25-18(24)22-12-10-21(11-13-22)17(19-4)20-14-16(3)23-9-7-6-8-15(23)2/h15-16H,5-14H2,1-4H3,(H,19,20). The van der Waals surface area contributed by atoms with E-state index in [0.717, 1.165) is 25.6 Å². The van der Waals surface area contributed by atoms with Gasteiger partial charge in [-0.05, 0) is 40.2 Å². The van der Waals surface area contributed by atoms with E-state index < -0.39 is 0 Å². The number of carbonyl (C=O) groups excluding carboxylic acids is 1. The van der Waals surface area contributed by atoms with Gasteiger partial charge in [-0.2, -0.15) is 0 Å². The number of amides is 1. The molecule has 2 aliphatic rings. The third kappa shape index (κ3) is 5.49. The molecular formula is C18H35N5O2. The van der Waals surface area contributed by atoms with E-state index in [2.05, 4.69) is 34.0 Å². The first-order valence-electron chi connectivity index (χ1n) is 9.69. The van der Waals surface area contributed by atoms with Crippen molar-refractivity contribution in [2.24, 2.45) is 4.99 Å². The SMILES string of the molecule is CCOC(=O)N1CCN(C(=NC)NCC(C)N2CCCCC2C)CC1. The Hall–Kier alpha value is -1.50. The van der Waals surface area contributed by atoms with Crippen LogP contribution < -0.4 is 5.32 Å². The number of hydrogen-bond donors (Lipinski definition) is 1. The van der Waals surface area contributed by atoms with E-state index in [1.165, 1.54) is 25.8 Å². The molecular weight excluding hydrogens is 318 g/mol. The number of carbonyl (C=O) groups is 1. The van der Waals surface area contributed by atoms with Crippen molar-refractivity contribution >= 4 is 12.1 Å². The van der Waals surface area contributed by atoms with E-state index in [4.69, 9.17) is 4.74 Å². The van der Waals surface area contributed by atoms with Crippen LogP contribution in [0.25, 0.3) is 0 Å². The number of likely N-dealkylation sites (tertiary alicyclic amines) is 1. The average molecular weight is 354 g/mol. The maximum Gasteiger partial charge on any atom is 0.409 e. The first-order chi connectivity index (χ1) is 12.1. The molecule has 0 aromatic heterocycles. The van der Waals surface area contributed by atoms with E-state index in [1.807, 2.05) is 14.0 Å². The summed E-state index contributed by atoms with van der Waals surface area (Å²) in [6.45, 7) is 11.9. The zero-order valence-electron chi connectivity index (χ0n) is 16.3. The Kier molecular flexibility index (Phi) is 7.81. The van der Waals surface area contributed by atoms with Crippen LogP contribution in [-0.2, 0) is 4.74 Å². The largest absolute Gasteiger partial charge is 0.450 e. The molecule has 2 atom stereocenters. The number of ether oxygens (including phenoxy) is 1. The lowest BCUT2D eigenvalue weighted by Gasteiger charge is -2.39. The maximum absolute atomic E-state index is 11.8. The van der Waals surface area contributed by atoms with Crippen molar-refractivity contribution in [1.29, 1.82) is 0 Å². The van der Waals surface area contributed by atoms with Crippen molar-refractivity contribution in [3.63, 3.8) is 0 Å². The summed E-state index contributed by atoms with van der Waals surface area (Å²) in [5.41, 5.74) is 0. The van der Waals surface area contributed by atoms with E-state index in [-0.39, 0.29) is 6.09 Å². The highest BCUT2D eigenvalue weighted by Crippen LogP contribution is 2.18. The summed E-state index contributed by atoms with van der Waals surface area (Å²) in [5, 5.41) is 3.53. The van der Waals surface area contributed by atoms with E-state index in [1.54, 1.807) is 4.90 Å². The van der Waals surface area contributed by atoms with Crippen LogP contribution in [0.5, 0.6) is 0 Å². The van der Waals surface area contributed by atoms with E-state index >= 15 is 0 Å². The topological polar surface area (TPSA) is 60.4 Å². The molecule has 7 heteroatoms. The Morgan fingerprint density at radius 3 is 2.48 bits per heavy atom. The van der Waals surface area contributed by atoms with Crippen molar-refractivity contribution in [3.05, 3.63) is 0 Å². The van der Waals surface area contributed by atoms with Gasteiger partial charge in [-0.25, -0.2) is 4.79 Å². The molecule has 2 saturated heterocycles. The highest BCUT2D eigenvalue weighted by atomic mass is 16.6. The van der Waals surface area contributed by atoms with Crippen molar-refractivity contribution in [2.75, 3.05) is 52.9 Å². The second-order valence-corrected chi connectivity index (χ2v) is 7.03. The summed E-state index contributed by atoms with van der Waals surface area (Å²) in [6, 6.07) is 1.16. The summed E-state index contributed by atoms with van der Waals surface area (Å²) in [4.78, 5) is 22.8. The van der Waals surface area contributed by atoms with Crippen LogP contribution in [0.4, 0.5) is 4.79 Å². The normalized spacial score (nSPS) is 24.2. The third-order valence-corrected chi connectivity index (χ3v) is 5.29. The molecule has 0 bridgehead atoms. The number of hydrogen-bond acceptors (Lipinski definition) is 4. The van der Waals surface area contributed by atoms with Gasteiger partial charge in [0.1, 0.15) is 0 Å². The summed E-state index contributed by atoms with van der Waals surface area (Å²) in [6.07, 6.45) is 3.75. The summed E-state index contributed by atoms with van der Waals surface area (Å²) >= 11 is 0. The highest BCUT2D eigenvalue weighted by molar-refractivity contribution is 5.80. The van der Waals surface area contributed by atoms with Gasteiger partial charge in [0, 0.05) is 51.9 Å². The first-order valence-corrected chi connectivity index (χ1v) is 9.69. The quantitative estimate of drug-likeness (QED) is 0.614. The van der Waals surface area contributed by atoms with Gasteiger partial charge in [0.15, 0.2) is 5.96 Å². The van der Waals surface area contributed by atoms with Gasteiger partial charge in [0.2, 0.25) is 0 Å². The van der Waals surface area contributed by atoms with Gasteiger partial charge in [-0.1, -0.05) is 6.42 Å². The maximum atomic E-state index is 11.8. The van der Waals surface area contributed by atoms with Crippen molar-refractivity contribution < 1.29 is 9.53 Å². The molecule has 2 fully saturated rings. The predicted molar refractivity (Wildman–Crippen MR) is 101 cm³/mol. The number of aliphatic imine (C=N–C) groups is 1. The van der Waals surface area contributed by atoms with Gasteiger partial charge in [-0.15, -0.1) is 0 Å². The number of rotatable bonds is 4. The van der Waals surface area contributed by atoms with Gasteiger partial charge in [-0.3, -0.25) is 9.89 Å². The fourth-order valence-electron chi connectivity index (χ4n) is 3.78. The minimum atomic E-state index is -0.210. The van der Waals surface area contributed by atoms with E-state index in [0.29, 0.717) is 31.8 Å². The molecule has 0 spiro atoms. The molecule has 25 heavy (non-hydrogen) atoms. The Bertz CT molecular complexity index is 449. The molecule has 0 aromatic rings. The second kappa shape index (κ2) is 9.85. The van der Waals surface area contributed by atoms with E-state index in [9.17, 15) is 4.79 Å². The first kappa shape index (κ1) is 19.8. The highest BCUT2D eigenvalue weighted by Gasteiger charge is 2.26. The average Bonchev–Trinajstić information content (AvgIpc) is 2.63. The summed E-state index contributed by atoms with van der Waals surface area (Å²) in [7, 11) is 1.83. The van der Waals surface area contributed by atoms with Crippen LogP contribution in [0.2, 0.25) is 0 Å². The molecule has 0 aromatic carbocycles. The van der Waals surface area contributed by atoms with Crippen molar-refractivity contribution in [1.82, 2.24) is 20.0 Å². The van der Waals surface area contributed by atoms with Gasteiger partial charge < -0.3 is 19.9 Å². The Balaban J connectivity index is 1.78. The minimum Gasteiger partial charge on any atom is -0.450 e. The summed E-state index contributed by atoms with van der Waals surface area (Å²) < 4.78 is 5.08. The lowest BCUT2D eigenvalue weighted by atomic mass is 10.0. The molecule has 0 saturated carbocycles. The number of piperidine rings is 1. The smallest absolute Gasteiger partial charge is 0.409 e. The van der Waals surface area contributed by atoms with Crippen LogP contribution in [0, 0.1) is 0 Å². The second-order valence-electron chi connectivity index (χ2n) is 7.03. The molecule has 2 heterocycles. The lowest BCUT2D eigenvalue weighted by Crippen LogP contribution is -2.55. The molecule has 0 aliphatic carbocycles. The molecule has 144 valence electrons. The Morgan fingerprint density at radius 2 is 1.88 bits per heavy atom. The number of nitrogens with one attached hydrogen (secondary N) is 1. The zero-order chi connectivity index (χ0) is 18.2. The van der Waals surface area contributed by atoms with Crippen LogP contribution in [0.15, 0.2) is 4.99 Å². The van der Waals surface area contributed by atoms with Gasteiger partial charge >= 0.3 is 6.09 Å². The number of guanidine groups is 1. The van der Waals surface area contributed by atoms with Crippen molar-refractivity contribution in [3.8, 4) is 0 Å². The zero-order valence-corrected chi connectivity index (χ0v) is 16.3. The van der Waals surface area contributed by atoms with Gasteiger partial charge in [0.25, 0.3) is 0 Å². The fraction of sp³-hybridized carbons (Fsp3) is 0.889. The fourth-order valence-corrected chi connectivity index (χ4v) is 3.78. The monoisotopic (exact) mass is 353 g/mol. The molecule has 1 amide bonds. The van der Waals surface area contributed by atoms with Crippen LogP contribution in [0.3, 0.4) is 0 Å². The minimum absolute atomic E-state index is 0.210. The summed E-state index contributed by atoms with van der Waals surface area (Å²) in [5.74, 6) is 0.931. The molecule has 2 rings (SSSR count). The number of nitrogens with zero attached hydrogens (tertiary/aromatic N) is 4. The Morgan fingerprint density at radius 1 is 1.20 bits per heavy atom. The lowest BCUT2D eigenvalue weighted by molar-refractivity contribution is 0.0910. The molecule has 1 N–H and O–H groups in total. The molecule has 7 nitrogen and oxygen atoms in total. The van der Waals surface area contributed by atoms with Crippen molar-refractivity contribution in [2.45, 2.75) is 52.1 Å². The third-order valence-electron chi connectivity index (χ3n) is 5.29. The van der Waals surface area contributed by atoms with Crippen LogP contribution in [-0.4, -0.2) is 91.8 Å². The molecule has 2 unspecified atom stereocenters.